The third-order valence-corrected chi connectivity index (χ3v) is 4.76. The molecule has 3 nitrogen and oxygen atoms in total. The minimum absolute atomic E-state index is 0.501. The van der Waals surface area contributed by atoms with Crippen LogP contribution in [0.5, 0.6) is 5.75 Å². The van der Waals surface area contributed by atoms with Crippen molar-refractivity contribution >= 4 is 6.16 Å². The van der Waals surface area contributed by atoms with Gasteiger partial charge >= 0.3 is 6.16 Å². The normalized spacial score (nSPS) is 10.8. The van der Waals surface area contributed by atoms with Crippen LogP contribution in [0.2, 0.25) is 0 Å². The van der Waals surface area contributed by atoms with Crippen LogP contribution >= 0.6 is 0 Å². The lowest BCUT2D eigenvalue weighted by Gasteiger charge is -2.22. The lowest BCUT2D eigenvalue weighted by Crippen LogP contribution is -2.10. The van der Waals surface area contributed by atoms with Gasteiger partial charge in [0.25, 0.3) is 0 Å². The highest BCUT2D eigenvalue weighted by atomic mass is 16.7. The standard InChI is InChI=1S/C23H30O3/c1-5-10-18-19(11-6-2)21(17-14-9-8-13-16(17)4)15-22(26-23(24)25)20(18)12-7-3/h8-9,13-15H,5-7,10-12H2,1-4H3,(H,24,25). The van der Waals surface area contributed by atoms with E-state index in [-0.39, 0.29) is 0 Å². The van der Waals surface area contributed by atoms with Gasteiger partial charge in [0.2, 0.25) is 0 Å². The van der Waals surface area contributed by atoms with Crippen LogP contribution in [-0.4, -0.2) is 11.3 Å². The van der Waals surface area contributed by atoms with E-state index in [4.69, 9.17) is 4.74 Å². The van der Waals surface area contributed by atoms with Crippen molar-refractivity contribution < 1.29 is 14.6 Å². The van der Waals surface area contributed by atoms with Crippen LogP contribution < -0.4 is 4.74 Å². The molecule has 0 aliphatic heterocycles. The molecule has 0 atom stereocenters. The largest absolute Gasteiger partial charge is 0.511 e. The van der Waals surface area contributed by atoms with Gasteiger partial charge < -0.3 is 9.84 Å². The molecular weight excluding hydrogens is 324 g/mol. The lowest BCUT2D eigenvalue weighted by atomic mass is 9.84. The third kappa shape index (κ3) is 4.46. The van der Waals surface area contributed by atoms with E-state index in [1.54, 1.807) is 0 Å². The van der Waals surface area contributed by atoms with E-state index < -0.39 is 6.16 Å². The summed E-state index contributed by atoms with van der Waals surface area (Å²) >= 11 is 0. The molecule has 0 fully saturated rings. The Labute approximate surface area is 157 Å². The number of benzene rings is 2. The van der Waals surface area contributed by atoms with Gasteiger partial charge in [0, 0.05) is 0 Å². The predicted molar refractivity (Wildman–Crippen MR) is 107 cm³/mol. The van der Waals surface area contributed by atoms with Crippen LogP contribution in [0.15, 0.2) is 30.3 Å². The van der Waals surface area contributed by atoms with Crippen LogP contribution in [0.4, 0.5) is 4.79 Å². The van der Waals surface area contributed by atoms with Crippen molar-refractivity contribution in [1.82, 2.24) is 0 Å². The summed E-state index contributed by atoms with van der Waals surface area (Å²) < 4.78 is 5.24. The Hall–Kier alpha value is -2.29. The first kappa shape index (κ1) is 20.0. The first-order valence-corrected chi connectivity index (χ1v) is 9.67. The average Bonchev–Trinajstić information content (AvgIpc) is 2.60. The number of carbonyl (C=O) groups is 1. The number of hydrogen-bond acceptors (Lipinski definition) is 2. The van der Waals surface area contributed by atoms with Gasteiger partial charge in [-0.05, 0) is 65.6 Å². The van der Waals surface area contributed by atoms with E-state index in [2.05, 4.69) is 39.8 Å². The second kappa shape index (κ2) is 9.42. The Morgan fingerprint density at radius 1 is 0.885 bits per heavy atom. The molecule has 2 rings (SSSR count). The molecule has 140 valence electrons. The zero-order valence-corrected chi connectivity index (χ0v) is 16.4. The van der Waals surface area contributed by atoms with E-state index in [0.717, 1.165) is 55.2 Å². The van der Waals surface area contributed by atoms with E-state index in [0.29, 0.717) is 5.75 Å². The highest BCUT2D eigenvalue weighted by Gasteiger charge is 2.20. The second-order valence-electron chi connectivity index (χ2n) is 6.79. The van der Waals surface area contributed by atoms with Gasteiger partial charge in [0.15, 0.2) is 0 Å². The molecule has 0 aromatic heterocycles. The molecule has 0 saturated carbocycles. The van der Waals surface area contributed by atoms with Crippen LogP contribution in [0.3, 0.4) is 0 Å². The van der Waals surface area contributed by atoms with Crippen molar-refractivity contribution in [2.24, 2.45) is 0 Å². The Balaban J connectivity index is 2.82. The molecule has 0 aliphatic carbocycles. The lowest BCUT2D eigenvalue weighted by molar-refractivity contribution is 0.144. The summed E-state index contributed by atoms with van der Waals surface area (Å²) in [5.74, 6) is 0.501. The summed E-state index contributed by atoms with van der Waals surface area (Å²) in [6.45, 7) is 8.58. The van der Waals surface area contributed by atoms with E-state index >= 15 is 0 Å². The predicted octanol–water partition coefficient (Wildman–Crippen LogP) is 6.58. The minimum atomic E-state index is -1.25. The zero-order chi connectivity index (χ0) is 19.1. The van der Waals surface area contributed by atoms with E-state index in [1.165, 1.54) is 16.7 Å². The average molecular weight is 354 g/mol. The molecule has 26 heavy (non-hydrogen) atoms. The van der Waals surface area contributed by atoms with E-state index in [9.17, 15) is 9.90 Å². The molecule has 2 aromatic rings. The summed E-state index contributed by atoms with van der Waals surface area (Å²) in [6.07, 6.45) is 4.56. The van der Waals surface area contributed by atoms with Crippen LogP contribution in [0, 0.1) is 6.92 Å². The van der Waals surface area contributed by atoms with E-state index in [1.807, 2.05) is 18.2 Å². The molecule has 0 aliphatic rings. The van der Waals surface area contributed by atoms with Crippen LogP contribution in [-0.2, 0) is 19.3 Å². The molecule has 0 unspecified atom stereocenters. The Bertz CT molecular complexity index is 762. The van der Waals surface area contributed by atoms with Gasteiger partial charge in [0.1, 0.15) is 5.75 Å². The first-order chi connectivity index (χ1) is 12.5. The Morgan fingerprint density at radius 3 is 2.04 bits per heavy atom. The smallest absolute Gasteiger partial charge is 0.449 e. The van der Waals surface area contributed by atoms with Crippen molar-refractivity contribution in [3.05, 3.63) is 52.6 Å². The summed E-state index contributed by atoms with van der Waals surface area (Å²) in [6, 6.07) is 10.2. The number of hydrogen-bond donors (Lipinski definition) is 1. The SMILES string of the molecule is CCCc1c(OC(=O)O)cc(-c2ccccc2C)c(CCC)c1CCC. The highest BCUT2D eigenvalue weighted by molar-refractivity contribution is 5.76. The molecule has 0 heterocycles. The molecule has 0 spiro atoms. The zero-order valence-electron chi connectivity index (χ0n) is 16.4. The van der Waals surface area contributed by atoms with Gasteiger partial charge in [-0.3, -0.25) is 0 Å². The fraction of sp³-hybridized carbons (Fsp3) is 0.435. The van der Waals surface area contributed by atoms with Gasteiger partial charge in [-0.2, -0.15) is 0 Å². The van der Waals surface area contributed by atoms with Crippen molar-refractivity contribution in [2.45, 2.75) is 66.2 Å². The fourth-order valence-corrected chi connectivity index (χ4v) is 3.71. The van der Waals surface area contributed by atoms with Gasteiger partial charge in [-0.1, -0.05) is 64.3 Å². The number of carboxylic acid groups (broad SMARTS) is 1. The molecule has 0 bridgehead atoms. The van der Waals surface area contributed by atoms with Crippen molar-refractivity contribution in [3.63, 3.8) is 0 Å². The Morgan fingerprint density at radius 2 is 1.46 bits per heavy atom. The Kier molecular flexibility index (Phi) is 7.26. The van der Waals surface area contributed by atoms with Crippen molar-refractivity contribution in [2.75, 3.05) is 0 Å². The molecular formula is C23H30O3. The van der Waals surface area contributed by atoms with Crippen molar-refractivity contribution in [3.8, 4) is 16.9 Å². The van der Waals surface area contributed by atoms with Crippen molar-refractivity contribution in [1.29, 1.82) is 0 Å². The quantitative estimate of drug-likeness (QED) is 0.430. The molecule has 0 saturated heterocycles. The summed E-state index contributed by atoms with van der Waals surface area (Å²) in [5, 5.41) is 9.25. The van der Waals surface area contributed by atoms with Crippen LogP contribution in [0.25, 0.3) is 11.1 Å². The summed E-state index contributed by atoms with van der Waals surface area (Å²) in [7, 11) is 0. The molecule has 2 aromatic carbocycles. The third-order valence-electron chi connectivity index (χ3n) is 4.76. The summed E-state index contributed by atoms with van der Waals surface area (Å²) in [4.78, 5) is 11.3. The first-order valence-electron chi connectivity index (χ1n) is 9.67. The second-order valence-corrected chi connectivity index (χ2v) is 6.79. The van der Waals surface area contributed by atoms with Gasteiger partial charge in [-0.25, -0.2) is 4.79 Å². The molecule has 0 radical (unpaired) electrons. The maximum atomic E-state index is 11.3. The topological polar surface area (TPSA) is 46.5 Å². The molecule has 3 heteroatoms. The molecule has 1 N–H and O–H groups in total. The maximum absolute atomic E-state index is 11.3. The van der Waals surface area contributed by atoms with Gasteiger partial charge in [0.05, 0.1) is 0 Å². The number of ether oxygens (including phenoxy) is 1. The molecule has 0 amide bonds. The highest BCUT2D eigenvalue weighted by Crippen LogP contribution is 2.38. The fourth-order valence-electron chi connectivity index (χ4n) is 3.71. The number of rotatable bonds is 8. The maximum Gasteiger partial charge on any atom is 0.511 e. The monoisotopic (exact) mass is 354 g/mol. The minimum Gasteiger partial charge on any atom is -0.449 e. The summed E-state index contributed by atoms with van der Waals surface area (Å²) in [5.41, 5.74) is 7.17. The number of aryl methyl sites for hydroxylation is 1. The van der Waals surface area contributed by atoms with Crippen LogP contribution in [0.1, 0.15) is 62.3 Å². The van der Waals surface area contributed by atoms with Gasteiger partial charge in [-0.15, -0.1) is 0 Å².